The first-order chi connectivity index (χ1) is 8.52. The van der Waals surface area contributed by atoms with Crippen molar-refractivity contribution in [2.75, 3.05) is 12.8 Å². The molecule has 0 aliphatic heterocycles. The molecular formula is C13H10ClF2NO. The van der Waals surface area contributed by atoms with Gasteiger partial charge < -0.3 is 10.5 Å². The van der Waals surface area contributed by atoms with Crippen LogP contribution in [0.3, 0.4) is 0 Å². The van der Waals surface area contributed by atoms with Gasteiger partial charge in [-0.15, -0.1) is 0 Å². The number of rotatable bonds is 2. The molecule has 18 heavy (non-hydrogen) atoms. The third-order valence-corrected chi connectivity index (χ3v) is 2.87. The van der Waals surface area contributed by atoms with Crippen LogP contribution >= 0.6 is 11.6 Å². The van der Waals surface area contributed by atoms with Crippen LogP contribution in [0.5, 0.6) is 5.75 Å². The van der Waals surface area contributed by atoms with E-state index in [-0.39, 0.29) is 16.5 Å². The summed E-state index contributed by atoms with van der Waals surface area (Å²) >= 11 is 5.92. The molecule has 0 radical (unpaired) electrons. The zero-order valence-electron chi connectivity index (χ0n) is 9.51. The Morgan fingerprint density at radius 3 is 2.50 bits per heavy atom. The van der Waals surface area contributed by atoms with Gasteiger partial charge in [0.25, 0.3) is 0 Å². The number of methoxy groups -OCH3 is 1. The maximum atomic E-state index is 13.6. The van der Waals surface area contributed by atoms with E-state index in [1.54, 1.807) is 6.07 Å². The Kier molecular flexibility index (Phi) is 3.39. The molecule has 2 nitrogen and oxygen atoms in total. The van der Waals surface area contributed by atoms with Gasteiger partial charge >= 0.3 is 0 Å². The lowest BCUT2D eigenvalue weighted by Gasteiger charge is -2.10. The lowest BCUT2D eigenvalue weighted by molar-refractivity contribution is 0.414. The largest absolute Gasteiger partial charge is 0.494 e. The first-order valence-corrected chi connectivity index (χ1v) is 5.49. The Balaban J connectivity index is 2.60. The standard InChI is InChI=1S/C13H10ClF2NO/c1-18-12-5-7(4-11(16)13(12)17)9-3-2-8(15)6-10(9)14/h2-6H,17H2,1H3. The lowest BCUT2D eigenvalue weighted by atomic mass is 10.0. The van der Waals surface area contributed by atoms with Gasteiger partial charge in [0.05, 0.1) is 12.1 Å². The van der Waals surface area contributed by atoms with E-state index in [2.05, 4.69) is 0 Å². The minimum Gasteiger partial charge on any atom is -0.494 e. The highest BCUT2D eigenvalue weighted by atomic mass is 35.5. The predicted molar refractivity (Wildman–Crippen MR) is 67.8 cm³/mol. The van der Waals surface area contributed by atoms with Crippen LogP contribution in [0.25, 0.3) is 11.1 Å². The molecule has 0 spiro atoms. The Labute approximate surface area is 108 Å². The molecule has 0 aromatic heterocycles. The molecule has 0 bridgehead atoms. The van der Waals surface area contributed by atoms with Crippen molar-refractivity contribution in [1.82, 2.24) is 0 Å². The van der Waals surface area contributed by atoms with Gasteiger partial charge in [0.15, 0.2) is 5.82 Å². The monoisotopic (exact) mass is 269 g/mol. The van der Waals surface area contributed by atoms with E-state index < -0.39 is 11.6 Å². The molecule has 0 unspecified atom stereocenters. The minimum atomic E-state index is -0.607. The molecule has 94 valence electrons. The van der Waals surface area contributed by atoms with Crippen molar-refractivity contribution in [3.05, 3.63) is 47.0 Å². The van der Waals surface area contributed by atoms with Crippen molar-refractivity contribution in [2.24, 2.45) is 0 Å². The van der Waals surface area contributed by atoms with Crippen molar-refractivity contribution >= 4 is 17.3 Å². The number of benzene rings is 2. The highest BCUT2D eigenvalue weighted by molar-refractivity contribution is 6.33. The molecule has 0 aliphatic carbocycles. The van der Waals surface area contributed by atoms with Gasteiger partial charge in [-0.25, -0.2) is 8.78 Å². The molecule has 2 aromatic carbocycles. The number of halogens is 3. The normalized spacial score (nSPS) is 10.4. The Hall–Kier alpha value is -1.81. The molecule has 0 saturated heterocycles. The maximum absolute atomic E-state index is 13.6. The topological polar surface area (TPSA) is 35.2 Å². The molecule has 0 saturated carbocycles. The Morgan fingerprint density at radius 2 is 1.89 bits per heavy atom. The van der Waals surface area contributed by atoms with Crippen molar-refractivity contribution in [3.63, 3.8) is 0 Å². The lowest BCUT2D eigenvalue weighted by Crippen LogP contribution is -1.97. The van der Waals surface area contributed by atoms with E-state index in [9.17, 15) is 8.78 Å². The fourth-order valence-corrected chi connectivity index (χ4v) is 1.92. The van der Waals surface area contributed by atoms with Gasteiger partial charge in [0.2, 0.25) is 0 Å². The van der Waals surface area contributed by atoms with Gasteiger partial charge in [-0.2, -0.15) is 0 Å². The first kappa shape index (κ1) is 12.6. The summed E-state index contributed by atoms with van der Waals surface area (Å²) in [6.07, 6.45) is 0. The molecule has 2 N–H and O–H groups in total. The fourth-order valence-electron chi connectivity index (χ4n) is 1.64. The van der Waals surface area contributed by atoms with E-state index in [1.165, 1.54) is 25.3 Å². The average Bonchev–Trinajstić information content (AvgIpc) is 2.32. The van der Waals surface area contributed by atoms with Crippen LogP contribution in [0.2, 0.25) is 5.02 Å². The smallest absolute Gasteiger partial charge is 0.150 e. The van der Waals surface area contributed by atoms with Crippen molar-refractivity contribution < 1.29 is 13.5 Å². The highest BCUT2D eigenvalue weighted by Gasteiger charge is 2.12. The summed E-state index contributed by atoms with van der Waals surface area (Å²) in [4.78, 5) is 0. The Bertz CT molecular complexity index is 602. The number of hydrogen-bond donors (Lipinski definition) is 1. The van der Waals surface area contributed by atoms with Crippen LogP contribution < -0.4 is 10.5 Å². The summed E-state index contributed by atoms with van der Waals surface area (Å²) in [7, 11) is 1.39. The second-order valence-corrected chi connectivity index (χ2v) is 4.11. The summed E-state index contributed by atoms with van der Waals surface area (Å²) in [5.74, 6) is -0.846. The maximum Gasteiger partial charge on any atom is 0.150 e. The van der Waals surface area contributed by atoms with Crippen LogP contribution in [-0.4, -0.2) is 7.11 Å². The van der Waals surface area contributed by atoms with Gasteiger partial charge in [0.1, 0.15) is 17.3 Å². The molecule has 0 amide bonds. The molecule has 2 aromatic rings. The highest BCUT2D eigenvalue weighted by Crippen LogP contribution is 2.34. The minimum absolute atomic E-state index is 0.0699. The summed E-state index contributed by atoms with van der Waals surface area (Å²) < 4.78 is 31.5. The molecule has 0 atom stereocenters. The second kappa shape index (κ2) is 4.82. The van der Waals surface area contributed by atoms with Crippen LogP contribution in [0.4, 0.5) is 14.5 Å². The molecule has 2 rings (SSSR count). The molecular weight excluding hydrogens is 260 g/mol. The van der Waals surface area contributed by atoms with E-state index in [4.69, 9.17) is 22.1 Å². The summed E-state index contributed by atoms with van der Waals surface area (Å²) in [6, 6.07) is 6.68. The molecule has 0 fully saturated rings. The zero-order valence-corrected chi connectivity index (χ0v) is 10.3. The number of ether oxygens (including phenoxy) is 1. The third kappa shape index (κ3) is 2.24. The second-order valence-electron chi connectivity index (χ2n) is 3.70. The van der Waals surface area contributed by atoms with E-state index in [1.807, 2.05) is 0 Å². The summed E-state index contributed by atoms with van der Waals surface area (Å²) in [6.45, 7) is 0. The fraction of sp³-hybridized carbons (Fsp3) is 0.0769. The summed E-state index contributed by atoms with van der Waals surface area (Å²) in [5.41, 5.74) is 6.42. The van der Waals surface area contributed by atoms with Gasteiger partial charge in [0, 0.05) is 5.56 Å². The van der Waals surface area contributed by atoms with Gasteiger partial charge in [-0.3, -0.25) is 0 Å². The van der Waals surface area contributed by atoms with Crippen LogP contribution in [0.15, 0.2) is 30.3 Å². The average molecular weight is 270 g/mol. The van der Waals surface area contributed by atoms with E-state index in [0.717, 1.165) is 6.07 Å². The molecule has 5 heteroatoms. The van der Waals surface area contributed by atoms with Crippen molar-refractivity contribution in [1.29, 1.82) is 0 Å². The number of anilines is 1. The van der Waals surface area contributed by atoms with Crippen LogP contribution in [0, 0.1) is 11.6 Å². The van der Waals surface area contributed by atoms with E-state index in [0.29, 0.717) is 11.1 Å². The summed E-state index contributed by atoms with van der Waals surface area (Å²) in [5, 5.41) is 0.196. The van der Waals surface area contributed by atoms with E-state index >= 15 is 0 Å². The quantitative estimate of drug-likeness (QED) is 0.840. The SMILES string of the molecule is COc1cc(-c2ccc(F)cc2Cl)cc(F)c1N. The zero-order chi connectivity index (χ0) is 13.3. The van der Waals surface area contributed by atoms with Crippen molar-refractivity contribution in [2.45, 2.75) is 0 Å². The first-order valence-electron chi connectivity index (χ1n) is 5.11. The number of hydrogen-bond acceptors (Lipinski definition) is 2. The molecule has 0 aliphatic rings. The molecule has 0 heterocycles. The van der Waals surface area contributed by atoms with Gasteiger partial charge in [-0.05, 0) is 35.9 Å². The van der Waals surface area contributed by atoms with Crippen LogP contribution in [0.1, 0.15) is 0 Å². The van der Waals surface area contributed by atoms with Crippen molar-refractivity contribution in [3.8, 4) is 16.9 Å². The number of nitrogen functional groups attached to an aromatic ring is 1. The number of nitrogens with two attached hydrogens (primary N) is 1. The Morgan fingerprint density at radius 1 is 1.17 bits per heavy atom. The third-order valence-electron chi connectivity index (χ3n) is 2.55. The predicted octanol–water partition coefficient (Wildman–Crippen LogP) is 3.88. The van der Waals surface area contributed by atoms with Gasteiger partial charge in [-0.1, -0.05) is 11.6 Å². The van der Waals surface area contributed by atoms with Crippen LogP contribution in [-0.2, 0) is 0 Å².